The lowest BCUT2D eigenvalue weighted by Crippen LogP contribution is -2.01. The molecule has 0 unspecified atom stereocenters. The fourth-order valence-electron chi connectivity index (χ4n) is 1.48. The first-order valence-corrected chi connectivity index (χ1v) is 7.23. The number of hydrogen-bond acceptors (Lipinski definition) is 5. The summed E-state index contributed by atoms with van der Waals surface area (Å²) < 4.78 is 5.95. The molecule has 0 saturated heterocycles. The molecular formula is C11H5BrCl3N3O3. The quantitative estimate of drug-likeness (QED) is 0.299. The Hall–Kier alpha value is -1.15. The molecule has 10 heteroatoms. The number of nitro groups is 1. The normalized spacial score (nSPS) is 10.5. The van der Waals surface area contributed by atoms with E-state index in [2.05, 4.69) is 25.9 Å². The third-order valence-electron chi connectivity index (χ3n) is 2.36. The monoisotopic (exact) mass is 411 g/mol. The van der Waals surface area contributed by atoms with Crippen LogP contribution in [-0.2, 0) is 0 Å². The van der Waals surface area contributed by atoms with Crippen LogP contribution in [-0.4, -0.2) is 14.9 Å². The van der Waals surface area contributed by atoms with Gasteiger partial charge in [0.2, 0.25) is 5.28 Å². The van der Waals surface area contributed by atoms with Gasteiger partial charge in [0.25, 0.3) is 0 Å². The van der Waals surface area contributed by atoms with Crippen LogP contribution in [0.3, 0.4) is 0 Å². The van der Waals surface area contributed by atoms with Gasteiger partial charge in [-0.3, -0.25) is 10.1 Å². The Kier molecular flexibility index (Phi) is 4.88. The average Bonchev–Trinajstić information content (AvgIpc) is 2.34. The number of ether oxygens (including phenoxy) is 1. The van der Waals surface area contributed by atoms with Crippen molar-refractivity contribution in [2.24, 2.45) is 0 Å². The second kappa shape index (κ2) is 6.31. The van der Waals surface area contributed by atoms with E-state index in [0.29, 0.717) is 9.50 Å². The minimum absolute atomic E-state index is 0.0781. The minimum Gasteiger partial charge on any atom is -0.432 e. The van der Waals surface area contributed by atoms with Crippen LogP contribution in [0.5, 0.6) is 11.6 Å². The zero-order valence-electron chi connectivity index (χ0n) is 10.2. The summed E-state index contributed by atoms with van der Waals surface area (Å²) in [5.41, 5.74) is -0.316. The molecule has 0 fully saturated rings. The predicted octanol–water partition coefficient (Wildman–Crippen LogP) is 5.21. The van der Waals surface area contributed by atoms with E-state index in [4.69, 9.17) is 39.5 Å². The molecule has 0 aliphatic carbocycles. The molecule has 6 nitrogen and oxygen atoms in total. The lowest BCUT2D eigenvalue weighted by molar-refractivity contribution is -0.386. The van der Waals surface area contributed by atoms with Gasteiger partial charge in [-0.15, -0.1) is 0 Å². The molecule has 2 aromatic rings. The van der Waals surface area contributed by atoms with E-state index in [1.165, 1.54) is 19.1 Å². The molecular weight excluding hydrogens is 408 g/mol. The number of nitrogens with zero attached hydrogens (tertiary/aromatic N) is 3. The van der Waals surface area contributed by atoms with Crippen LogP contribution < -0.4 is 4.74 Å². The number of rotatable bonds is 3. The topological polar surface area (TPSA) is 78.2 Å². The SMILES string of the molecule is Cc1nc(Cl)nc(Oc2cc(Cl)c(Br)cc2Cl)c1[N+](=O)[O-]. The van der Waals surface area contributed by atoms with E-state index in [0.717, 1.165) is 0 Å². The van der Waals surface area contributed by atoms with Crippen molar-refractivity contribution in [1.82, 2.24) is 9.97 Å². The van der Waals surface area contributed by atoms with Gasteiger partial charge in [-0.05, 0) is 40.5 Å². The average molecular weight is 413 g/mol. The van der Waals surface area contributed by atoms with Gasteiger partial charge in [0.15, 0.2) is 0 Å². The number of benzene rings is 1. The second-order valence-electron chi connectivity index (χ2n) is 3.79. The lowest BCUT2D eigenvalue weighted by atomic mass is 10.3. The van der Waals surface area contributed by atoms with E-state index in [-0.39, 0.29) is 27.6 Å². The first-order valence-electron chi connectivity index (χ1n) is 5.30. The first kappa shape index (κ1) is 16.2. The van der Waals surface area contributed by atoms with Crippen LogP contribution in [0.1, 0.15) is 5.69 Å². The van der Waals surface area contributed by atoms with Crippen molar-refractivity contribution in [2.45, 2.75) is 6.92 Å². The summed E-state index contributed by atoms with van der Waals surface area (Å²) in [4.78, 5) is 17.9. The standard InChI is InChI=1S/C11H5BrCl3N3O3/c1-4-9(18(19)20)10(17-11(15)16-4)21-8-3-6(13)5(12)2-7(8)14/h2-3H,1H3. The number of hydrogen-bond donors (Lipinski definition) is 0. The molecule has 2 rings (SSSR count). The molecule has 21 heavy (non-hydrogen) atoms. The molecule has 1 heterocycles. The molecule has 0 saturated carbocycles. The van der Waals surface area contributed by atoms with Gasteiger partial charge in [-0.25, -0.2) is 4.98 Å². The van der Waals surface area contributed by atoms with Crippen LogP contribution >= 0.6 is 50.7 Å². The molecule has 0 N–H and O–H groups in total. The maximum Gasteiger partial charge on any atom is 0.352 e. The van der Waals surface area contributed by atoms with Gasteiger partial charge < -0.3 is 4.74 Å². The molecule has 0 radical (unpaired) electrons. The highest BCUT2D eigenvalue weighted by atomic mass is 79.9. The highest BCUT2D eigenvalue weighted by molar-refractivity contribution is 9.10. The third-order valence-corrected chi connectivity index (χ3v) is 4.02. The van der Waals surface area contributed by atoms with Gasteiger partial charge >= 0.3 is 11.6 Å². The largest absolute Gasteiger partial charge is 0.432 e. The lowest BCUT2D eigenvalue weighted by Gasteiger charge is -2.09. The molecule has 1 aromatic carbocycles. The Balaban J connectivity index is 2.54. The van der Waals surface area contributed by atoms with E-state index < -0.39 is 10.6 Å². The summed E-state index contributed by atoms with van der Waals surface area (Å²) in [6.45, 7) is 1.43. The van der Waals surface area contributed by atoms with Crippen LogP contribution in [0.15, 0.2) is 16.6 Å². The Labute approximate surface area is 142 Å². The van der Waals surface area contributed by atoms with Crippen LogP contribution in [0.25, 0.3) is 0 Å². The highest BCUT2D eigenvalue weighted by Crippen LogP contribution is 2.39. The Morgan fingerprint density at radius 2 is 1.90 bits per heavy atom. The molecule has 0 atom stereocenters. The smallest absolute Gasteiger partial charge is 0.352 e. The van der Waals surface area contributed by atoms with E-state index >= 15 is 0 Å². The summed E-state index contributed by atoms with van der Waals surface area (Å²) in [6, 6.07) is 2.91. The number of aromatic nitrogens is 2. The highest BCUT2D eigenvalue weighted by Gasteiger charge is 2.24. The number of halogens is 4. The van der Waals surface area contributed by atoms with E-state index in [9.17, 15) is 10.1 Å². The predicted molar refractivity (Wildman–Crippen MR) is 82.7 cm³/mol. The zero-order valence-corrected chi connectivity index (χ0v) is 14.1. The molecule has 0 bridgehead atoms. The second-order valence-corrected chi connectivity index (χ2v) is 5.79. The van der Waals surface area contributed by atoms with Crippen molar-refractivity contribution in [1.29, 1.82) is 0 Å². The van der Waals surface area contributed by atoms with Gasteiger partial charge in [-0.2, -0.15) is 4.98 Å². The Bertz CT molecular complexity index is 742. The molecule has 110 valence electrons. The molecule has 0 aliphatic heterocycles. The van der Waals surface area contributed by atoms with Crippen molar-refractivity contribution < 1.29 is 9.66 Å². The summed E-state index contributed by atoms with van der Waals surface area (Å²) in [5.74, 6) is -0.195. The van der Waals surface area contributed by atoms with Crippen molar-refractivity contribution in [3.63, 3.8) is 0 Å². The summed E-state index contributed by atoms with van der Waals surface area (Å²) in [7, 11) is 0. The maximum absolute atomic E-state index is 11.1. The number of aryl methyl sites for hydroxylation is 1. The van der Waals surface area contributed by atoms with Crippen molar-refractivity contribution >= 4 is 56.4 Å². The first-order chi connectivity index (χ1) is 9.79. The Morgan fingerprint density at radius 1 is 1.24 bits per heavy atom. The summed E-state index contributed by atoms with van der Waals surface area (Å²) in [5, 5.41) is 11.4. The van der Waals surface area contributed by atoms with Crippen LogP contribution in [0, 0.1) is 17.0 Å². The maximum atomic E-state index is 11.1. The molecule has 0 aliphatic rings. The fraction of sp³-hybridized carbons (Fsp3) is 0.0909. The van der Waals surface area contributed by atoms with Crippen molar-refractivity contribution in [3.8, 4) is 11.6 Å². The van der Waals surface area contributed by atoms with Crippen molar-refractivity contribution in [3.05, 3.63) is 47.7 Å². The Morgan fingerprint density at radius 3 is 2.52 bits per heavy atom. The summed E-state index contributed by atoms with van der Waals surface area (Å²) in [6.07, 6.45) is 0. The van der Waals surface area contributed by atoms with Gasteiger partial charge in [-0.1, -0.05) is 23.2 Å². The third kappa shape index (κ3) is 3.55. The molecule has 1 aromatic heterocycles. The van der Waals surface area contributed by atoms with E-state index in [1.807, 2.05) is 0 Å². The fourth-order valence-corrected chi connectivity index (χ4v) is 2.51. The molecule has 0 amide bonds. The zero-order chi connectivity index (χ0) is 15.7. The van der Waals surface area contributed by atoms with Gasteiger partial charge in [0, 0.05) is 10.5 Å². The summed E-state index contributed by atoms with van der Waals surface area (Å²) >= 11 is 20.8. The molecule has 0 spiro atoms. The van der Waals surface area contributed by atoms with Crippen LogP contribution in [0.4, 0.5) is 5.69 Å². The van der Waals surface area contributed by atoms with Gasteiger partial charge in [0.1, 0.15) is 11.4 Å². The van der Waals surface area contributed by atoms with Crippen molar-refractivity contribution in [2.75, 3.05) is 0 Å². The van der Waals surface area contributed by atoms with Crippen LogP contribution in [0.2, 0.25) is 15.3 Å². The van der Waals surface area contributed by atoms with Gasteiger partial charge in [0.05, 0.1) is 15.0 Å². The van der Waals surface area contributed by atoms with E-state index in [1.54, 1.807) is 0 Å². The minimum atomic E-state index is -0.657.